The summed E-state index contributed by atoms with van der Waals surface area (Å²) in [5.74, 6) is 0.892. The highest BCUT2D eigenvalue weighted by Crippen LogP contribution is 2.27. The summed E-state index contributed by atoms with van der Waals surface area (Å²) in [5, 5.41) is 5.78. The van der Waals surface area contributed by atoms with Gasteiger partial charge in [-0.05, 0) is 13.8 Å². The van der Waals surface area contributed by atoms with E-state index in [9.17, 15) is 0 Å². The summed E-state index contributed by atoms with van der Waals surface area (Å²) in [5.41, 5.74) is 0.814. The zero-order valence-corrected chi connectivity index (χ0v) is 12.1. The minimum absolute atomic E-state index is 0.201. The molecule has 6 heteroatoms. The highest BCUT2D eigenvalue weighted by molar-refractivity contribution is 6.35. The van der Waals surface area contributed by atoms with Gasteiger partial charge in [0.15, 0.2) is 5.65 Å². The SMILES string of the molecule is C[C@H]1CN(c2cc(Cl)c3cnn(C)c3n2)C[C@H](C)O1. The number of anilines is 1. The van der Waals surface area contributed by atoms with E-state index in [0.29, 0.717) is 5.02 Å². The molecule has 0 radical (unpaired) electrons. The van der Waals surface area contributed by atoms with E-state index in [0.717, 1.165) is 29.9 Å². The van der Waals surface area contributed by atoms with Gasteiger partial charge in [0.1, 0.15) is 5.82 Å². The monoisotopic (exact) mass is 280 g/mol. The maximum Gasteiger partial charge on any atom is 0.161 e. The molecule has 2 aromatic heterocycles. The smallest absolute Gasteiger partial charge is 0.161 e. The number of aromatic nitrogens is 3. The van der Waals surface area contributed by atoms with Crippen molar-refractivity contribution in [1.29, 1.82) is 0 Å². The number of fused-ring (bicyclic) bond motifs is 1. The average molecular weight is 281 g/mol. The fraction of sp³-hybridized carbons (Fsp3) is 0.538. The predicted octanol–water partition coefficient (Wildman–Crippen LogP) is 2.24. The lowest BCUT2D eigenvalue weighted by Gasteiger charge is -2.36. The van der Waals surface area contributed by atoms with Crippen LogP contribution in [0.3, 0.4) is 0 Å². The van der Waals surface area contributed by atoms with Crippen LogP contribution in [0.15, 0.2) is 12.3 Å². The van der Waals surface area contributed by atoms with E-state index in [2.05, 4.69) is 28.8 Å². The number of pyridine rings is 1. The van der Waals surface area contributed by atoms with Gasteiger partial charge < -0.3 is 9.64 Å². The number of hydrogen-bond acceptors (Lipinski definition) is 4. The third-order valence-corrected chi connectivity index (χ3v) is 3.70. The van der Waals surface area contributed by atoms with Crippen LogP contribution in [0, 0.1) is 0 Å². The summed E-state index contributed by atoms with van der Waals surface area (Å²) < 4.78 is 7.49. The van der Waals surface area contributed by atoms with E-state index in [4.69, 9.17) is 16.3 Å². The van der Waals surface area contributed by atoms with Gasteiger partial charge in [0.25, 0.3) is 0 Å². The van der Waals surface area contributed by atoms with Gasteiger partial charge >= 0.3 is 0 Å². The number of ether oxygens (including phenoxy) is 1. The van der Waals surface area contributed by atoms with Crippen molar-refractivity contribution < 1.29 is 4.74 Å². The highest BCUT2D eigenvalue weighted by Gasteiger charge is 2.24. The number of morpholine rings is 1. The van der Waals surface area contributed by atoms with Crippen molar-refractivity contribution in [2.75, 3.05) is 18.0 Å². The van der Waals surface area contributed by atoms with E-state index >= 15 is 0 Å². The fourth-order valence-electron chi connectivity index (χ4n) is 2.59. The molecule has 0 aromatic carbocycles. The Morgan fingerprint density at radius 1 is 1.32 bits per heavy atom. The molecule has 1 aliphatic heterocycles. The summed E-state index contributed by atoms with van der Waals surface area (Å²) in [6, 6.07) is 1.91. The second-order valence-electron chi connectivity index (χ2n) is 5.13. The third kappa shape index (κ3) is 2.28. The van der Waals surface area contributed by atoms with Crippen LogP contribution in [-0.2, 0) is 11.8 Å². The number of nitrogens with zero attached hydrogens (tertiary/aromatic N) is 4. The fourth-order valence-corrected chi connectivity index (χ4v) is 2.82. The molecular formula is C13H17ClN4O. The van der Waals surface area contributed by atoms with Gasteiger partial charge in [-0.15, -0.1) is 0 Å². The third-order valence-electron chi connectivity index (χ3n) is 3.38. The van der Waals surface area contributed by atoms with E-state index in [1.165, 1.54) is 0 Å². The molecule has 0 N–H and O–H groups in total. The molecule has 0 aliphatic carbocycles. The molecule has 0 saturated carbocycles. The van der Waals surface area contributed by atoms with Gasteiger partial charge in [0.2, 0.25) is 0 Å². The minimum atomic E-state index is 0.201. The van der Waals surface area contributed by atoms with Crippen molar-refractivity contribution in [3.05, 3.63) is 17.3 Å². The lowest BCUT2D eigenvalue weighted by atomic mass is 10.2. The van der Waals surface area contributed by atoms with E-state index in [-0.39, 0.29) is 12.2 Å². The standard InChI is InChI=1S/C13H17ClN4O/c1-8-6-18(7-9(2)19-8)12-4-11(14)10-5-15-17(3)13(10)16-12/h4-5,8-9H,6-7H2,1-3H3/t8-,9-/m0/s1. The van der Waals surface area contributed by atoms with Gasteiger partial charge in [-0.1, -0.05) is 11.6 Å². The second-order valence-corrected chi connectivity index (χ2v) is 5.54. The molecule has 2 aromatic rings. The Hall–Kier alpha value is -1.33. The van der Waals surface area contributed by atoms with E-state index in [1.54, 1.807) is 10.9 Å². The summed E-state index contributed by atoms with van der Waals surface area (Å²) in [6.45, 7) is 5.81. The van der Waals surface area contributed by atoms with Gasteiger partial charge in [0, 0.05) is 26.2 Å². The summed E-state index contributed by atoms with van der Waals surface area (Å²) in [6.07, 6.45) is 2.15. The zero-order chi connectivity index (χ0) is 13.6. The Kier molecular flexibility index (Phi) is 3.11. The Balaban J connectivity index is 2.02. The predicted molar refractivity (Wildman–Crippen MR) is 75.7 cm³/mol. The van der Waals surface area contributed by atoms with Crippen molar-refractivity contribution in [2.45, 2.75) is 26.1 Å². The maximum absolute atomic E-state index is 6.32. The molecule has 1 fully saturated rings. The first-order chi connectivity index (χ1) is 9.04. The zero-order valence-electron chi connectivity index (χ0n) is 11.3. The Bertz CT molecular complexity index is 602. The largest absolute Gasteiger partial charge is 0.372 e. The normalized spacial score (nSPS) is 24.1. The van der Waals surface area contributed by atoms with Gasteiger partial charge in [0.05, 0.1) is 28.8 Å². The molecule has 0 spiro atoms. The van der Waals surface area contributed by atoms with Crippen molar-refractivity contribution in [1.82, 2.24) is 14.8 Å². The summed E-state index contributed by atoms with van der Waals surface area (Å²) in [7, 11) is 1.88. The van der Waals surface area contributed by atoms with Crippen LogP contribution in [-0.4, -0.2) is 40.1 Å². The van der Waals surface area contributed by atoms with Crippen LogP contribution in [0.2, 0.25) is 5.02 Å². The van der Waals surface area contributed by atoms with Crippen LogP contribution in [0.4, 0.5) is 5.82 Å². The van der Waals surface area contributed by atoms with E-state index in [1.807, 2.05) is 13.1 Å². The Morgan fingerprint density at radius 2 is 2.00 bits per heavy atom. The van der Waals surface area contributed by atoms with Crippen LogP contribution < -0.4 is 4.90 Å². The lowest BCUT2D eigenvalue weighted by molar-refractivity contribution is -0.00544. The highest BCUT2D eigenvalue weighted by atomic mass is 35.5. The maximum atomic E-state index is 6.32. The van der Waals surface area contributed by atoms with Gasteiger partial charge in [-0.25, -0.2) is 4.98 Å². The van der Waals surface area contributed by atoms with E-state index < -0.39 is 0 Å². The summed E-state index contributed by atoms with van der Waals surface area (Å²) in [4.78, 5) is 6.89. The van der Waals surface area contributed by atoms with Crippen LogP contribution in [0.1, 0.15) is 13.8 Å². The van der Waals surface area contributed by atoms with Crippen molar-refractivity contribution in [3.63, 3.8) is 0 Å². The van der Waals surface area contributed by atoms with Crippen LogP contribution >= 0.6 is 11.6 Å². The first-order valence-corrected chi connectivity index (χ1v) is 6.81. The number of hydrogen-bond donors (Lipinski definition) is 0. The quantitative estimate of drug-likeness (QED) is 0.803. The molecule has 2 atom stereocenters. The second kappa shape index (κ2) is 4.65. The van der Waals surface area contributed by atoms with Gasteiger partial charge in [-0.3, -0.25) is 4.68 Å². The molecule has 0 unspecified atom stereocenters. The topological polar surface area (TPSA) is 43.2 Å². The van der Waals surface area contributed by atoms with Crippen molar-refractivity contribution in [2.24, 2.45) is 7.05 Å². The molecule has 3 rings (SSSR count). The summed E-state index contributed by atoms with van der Waals surface area (Å²) >= 11 is 6.32. The molecule has 102 valence electrons. The lowest BCUT2D eigenvalue weighted by Crippen LogP contribution is -2.45. The Labute approximate surface area is 117 Å². The van der Waals surface area contributed by atoms with Crippen molar-refractivity contribution >= 4 is 28.5 Å². The first kappa shape index (κ1) is 12.7. The molecule has 19 heavy (non-hydrogen) atoms. The van der Waals surface area contributed by atoms with Crippen LogP contribution in [0.5, 0.6) is 0 Å². The molecular weight excluding hydrogens is 264 g/mol. The number of aryl methyl sites for hydroxylation is 1. The molecule has 1 aliphatic rings. The molecule has 0 amide bonds. The molecule has 0 bridgehead atoms. The number of halogens is 1. The Morgan fingerprint density at radius 3 is 2.68 bits per heavy atom. The van der Waals surface area contributed by atoms with Gasteiger partial charge in [-0.2, -0.15) is 5.10 Å². The van der Waals surface area contributed by atoms with Crippen LogP contribution in [0.25, 0.3) is 11.0 Å². The first-order valence-electron chi connectivity index (χ1n) is 6.43. The van der Waals surface area contributed by atoms with Crippen molar-refractivity contribution in [3.8, 4) is 0 Å². The average Bonchev–Trinajstić information content (AvgIpc) is 2.70. The minimum Gasteiger partial charge on any atom is -0.372 e. The molecule has 1 saturated heterocycles. The molecule has 3 heterocycles. The molecule has 5 nitrogen and oxygen atoms in total. The number of rotatable bonds is 1.